The zero-order valence-corrected chi connectivity index (χ0v) is 16.6. The number of sulfonamides is 1. The third kappa shape index (κ3) is 4.20. The van der Waals surface area contributed by atoms with E-state index in [4.69, 9.17) is 0 Å². The minimum Gasteiger partial charge on any atom is -0.274 e. The SMILES string of the molecule is CC(=O)NS(=O)(=O)c1ccc(N2C(=O)C[C@@H](Sc3nccc(C)n3)C2=O)cc1. The number of amides is 3. The molecule has 1 aliphatic heterocycles. The number of hydrogen-bond acceptors (Lipinski definition) is 8. The van der Waals surface area contributed by atoms with Gasteiger partial charge in [0.2, 0.25) is 17.7 Å². The third-order valence-corrected chi connectivity index (χ3v) is 6.32. The summed E-state index contributed by atoms with van der Waals surface area (Å²) in [6, 6.07) is 6.88. The Labute approximate surface area is 165 Å². The van der Waals surface area contributed by atoms with Crippen LogP contribution in [0.15, 0.2) is 46.6 Å². The van der Waals surface area contributed by atoms with E-state index >= 15 is 0 Å². The second-order valence-corrected chi connectivity index (χ2v) is 8.87. The lowest BCUT2D eigenvalue weighted by molar-refractivity contribution is -0.121. The van der Waals surface area contributed by atoms with Crippen LogP contribution in [0.2, 0.25) is 0 Å². The van der Waals surface area contributed by atoms with Crippen molar-refractivity contribution in [3.05, 3.63) is 42.2 Å². The molecule has 1 saturated heterocycles. The highest BCUT2D eigenvalue weighted by Gasteiger charge is 2.40. The van der Waals surface area contributed by atoms with Gasteiger partial charge in [0.1, 0.15) is 5.25 Å². The zero-order chi connectivity index (χ0) is 20.5. The monoisotopic (exact) mass is 420 g/mol. The smallest absolute Gasteiger partial charge is 0.264 e. The van der Waals surface area contributed by atoms with Crippen LogP contribution in [0, 0.1) is 6.92 Å². The van der Waals surface area contributed by atoms with E-state index in [1.165, 1.54) is 24.3 Å². The topological polar surface area (TPSA) is 126 Å². The molecule has 0 unspecified atom stereocenters. The van der Waals surface area contributed by atoms with Crippen LogP contribution in [0.25, 0.3) is 0 Å². The highest BCUT2D eigenvalue weighted by molar-refractivity contribution is 8.00. The van der Waals surface area contributed by atoms with Crippen molar-refractivity contribution in [3.63, 3.8) is 0 Å². The van der Waals surface area contributed by atoms with Gasteiger partial charge in [-0.15, -0.1) is 0 Å². The van der Waals surface area contributed by atoms with Crippen molar-refractivity contribution in [2.24, 2.45) is 0 Å². The molecule has 2 aromatic rings. The number of hydrogen-bond donors (Lipinski definition) is 1. The number of carbonyl (C=O) groups excluding carboxylic acids is 3. The Morgan fingerprint density at radius 1 is 1.21 bits per heavy atom. The fraction of sp³-hybridized carbons (Fsp3) is 0.235. The molecular formula is C17H16N4O5S2. The van der Waals surface area contributed by atoms with E-state index in [-0.39, 0.29) is 17.0 Å². The van der Waals surface area contributed by atoms with Gasteiger partial charge in [0.05, 0.1) is 10.6 Å². The molecule has 1 aromatic carbocycles. The Morgan fingerprint density at radius 3 is 2.50 bits per heavy atom. The summed E-state index contributed by atoms with van der Waals surface area (Å²) in [5.41, 5.74) is 1.01. The molecule has 0 aliphatic carbocycles. The van der Waals surface area contributed by atoms with E-state index in [1.54, 1.807) is 19.2 Å². The summed E-state index contributed by atoms with van der Waals surface area (Å²) in [6.45, 7) is 2.89. The summed E-state index contributed by atoms with van der Waals surface area (Å²) < 4.78 is 25.8. The predicted octanol–water partition coefficient (Wildman–Crippen LogP) is 1.03. The van der Waals surface area contributed by atoms with Crippen molar-refractivity contribution >= 4 is 45.2 Å². The van der Waals surface area contributed by atoms with E-state index in [9.17, 15) is 22.8 Å². The van der Waals surface area contributed by atoms with Gasteiger partial charge in [0.15, 0.2) is 5.16 Å². The number of carbonyl (C=O) groups is 3. The first-order chi connectivity index (χ1) is 13.2. The van der Waals surface area contributed by atoms with E-state index < -0.39 is 33.0 Å². The van der Waals surface area contributed by atoms with Crippen LogP contribution >= 0.6 is 11.8 Å². The molecule has 0 radical (unpaired) electrons. The summed E-state index contributed by atoms with van der Waals surface area (Å²) in [5, 5.41) is -0.248. The fourth-order valence-electron chi connectivity index (χ4n) is 2.60. The van der Waals surface area contributed by atoms with Crippen LogP contribution < -0.4 is 9.62 Å². The minimum absolute atomic E-state index is 0.00720. The Hall–Kier alpha value is -2.79. The standard InChI is InChI=1S/C17H16N4O5S2/c1-10-7-8-18-17(19-10)27-14-9-15(23)21(16(14)24)12-3-5-13(6-4-12)28(25,26)20-11(2)22/h3-8,14H,9H2,1-2H3,(H,20,22)/t14-/m1/s1. The first kappa shape index (κ1) is 20.0. The summed E-state index contributed by atoms with van der Waals surface area (Å²) in [5.74, 6) is -1.53. The molecule has 0 saturated carbocycles. The zero-order valence-electron chi connectivity index (χ0n) is 14.9. The van der Waals surface area contributed by atoms with Gasteiger partial charge >= 0.3 is 0 Å². The maximum absolute atomic E-state index is 12.7. The van der Waals surface area contributed by atoms with Gasteiger partial charge in [-0.05, 0) is 37.3 Å². The van der Waals surface area contributed by atoms with Gasteiger partial charge in [-0.2, -0.15) is 0 Å². The van der Waals surface area contributed by atoms with Crippen LogP contribution in [-0.4, -0.2) is 41.4 Å². The van der Waals surface area contributed by atoms with Crippen molar-refractivity contribution in [3.8, 4) is 0 Å². The summed E-state index contributed by atoms with van der Waals surface area (Å²) >= 11 is 1.11. The number of aromatic nitrogens is 2. The third-order valence-electron chi connectivity index (χ3n) is 3.81. The largest absolute Gasteiger partial charge is 0.274 e. The van der Waals surface area contributed by atoms with E-state index in [0.29, 0.717) is 5.16 Å². The lowest BCUT2D eigenvalue weighted by Crippen LogP contribution is -2.31. The number of imide groups is 1. The second-order valence-electron chi connectivity index (χ2n) is 6.01. The second kappa shape index (κ2) is 7.68. The molecule has 1 N–H and O–H groups in total. The Bertz CT molecular complexity index is 1050. The molecule has 1 atom stereocenters. The first-order valence-electron chi connectivity index (χ1n) is 8.14. The normalized spacial score (nSPS) is 17.1. The van der Waals surface area contributed by atoms with Crippen LogP contribution in [-0.2, 0) is 24.4 Å². The van der Waals surface area contributed by atoms with E-state index in [1.807, 2.05) is 4.72 Å². The number of rotatable bonds is 5. The number of thioether (sulfide) groups is 1. The van der Waals surface area contributed by atoms with Crippen molar-refractivity contribution in [1.29, 1.82) is 0 Å². The Morgan fingerprint density at radius 2 is 1.89 bits per heavy atom. The lowest BCUT2D eigenvalue weighted by atomic mass is 10.3. The van der Waals surface area contributed by atoms with E-state index in [0.717, 1.165) is 29.3 Å². The number of benzene rings is 1. The number of aryl methyl sites for hydroxylation is 1. The summed E-state index contributed by atoms with van der Waals surface area (Å²) in [7, 11) is -3.99. The van der Waals surface area contributed by atoms with Crippen molar-refractivity contribution in [2.45, 2.75) is 35.6 Å². The average molecular weight is 420 g/mol. The van der Waals surface area contributed by atoms with Crippen molar-refractivity contribution in [2.75, 3.05) is 4.90 Å². The molecule has 28 heavy (non-hydrogen) atoms. The lowest BCUT2D eigenvalue weighted by Gasteiger charge is -2.15. The molecule has 0 spiro atoms. The molecule has 1 fully saturated rings. The fourth-order valence-corrected chi connectivity index (χ4v) is 4.60. The van der Waals surface area contributed by atoms with Crippen molar-refractivity contribution in [1.82, 2.24) is 14.7 Å². The van der Waals surface area contributed by atoms with E-state index in [2.05, 4.69) is 9.97 Å². The van der Waals surface area contributed by atoms with Crippen LogP contribution in [0.5, 0.6) is 0 Å². The predicted molar refractivity (Wildman–Crippen MR) is 101 cm³/mol. The van der Waals surface area contributed by atoms with Gasteiger partial charge in [0.25, 0.3) is 10.0 Å². The maximum atomic E-state index is 12.7. The molecule has 0 bridgehead atoms. The number of anilines is 1. The summed E-state index contributed by atoms with van der Waals surface area (Å²) in [4.78, 5) is 45.2. The molecule has 2 heterocycles. The van der Waals surface area contributed by atoms with Crippen LogP contribution in [0.3, 0.4) is 0 Å². The molecule has 1 aliphatic rings. The average Bonchev–Trinajstić information content (AvgIpc) is 2.87. The van der Waals surface area contributed by atoms with Crippen molar-refractivity contribution < 1.29 is 22.8 Å². The molecule has 3 rings (SSSR count). The van der Waals surface area contributed by atoms with Gasteiger partial charge in [-0.25, -0.2) is 28.0 Å². The summed E-state index contributed by atoms with van der Waals surface area (Å²) in [6.07, 6.45) is 1.57. The molecule has 3 amide bonds. The highest BCUT2D eigenvalue weighted by Crippen LogP contribution is 2.32. The van der Waals surface area contributed by atoms with Crippen LogP contribution in [0.1, 0.15) is 19.0 Å². The quantitative estimate of drug-likeness (QED) is 0.561. The highest BCUT2D eigenvalue weighted by atomic mass is 32.2. The Balaban J connectivity index is 1.79. The Kier molecular flexibility index (Phi) is 5.47. The molecule has 9 nitrogen and oxygen atoms in total. The molecule has 1 aromatic heterocycles. The van der Waals surface area contributed by atoms with Gasteiger partial charge in [-0.3, -0.25) is 14.4 Å². The molecule has 11 heteroatoms. The number of nitrogens with zero attached hydrogens (tertiary/aromatic N) is 3. The minimum atomic E-state index is -3.99. The number of nitrogens with one attached hydrogen (secondary N) is 1. The maximum Gasteiger partial charge on any atom is 0.264 e. The first-order valence-corrected chi connectivity index (χ1v) is 10.5. The van der Waals surface area contributed by atoms with Gasteiger partial charge in [-0.1, -0.05) is 11.8 Å². The van der Waals surface area contributed by atoms with Gasteiger partial charge in [0, 0.05) is 25.2 Å². The van der Waals surface area contributed by atoms with Crippen LogP contribution in [0.4, 0.5) is 5.69 Å². The van der Waals surface area contributed by atoms with Gasteiger partial charge < -0.3 is 0 Å². The molecule has 146 valence electrons. The molecular weight excluding hydrogens is 404 g/mol.